The first-order chi connectivity index (χ1) is 15.0. The number of ether oxygens (including phenoxy) is 2. The Morgan fingerprint density at radius 1 is 0.935 bits per heavy atom. The van der Waals surface area contributed by atoms with Gasteiger partial charge in [0.25, 0.3) is 0 Å². The largest absolute Gasteiger partial charge is 0.488 e. The monoisotopic (exact) mass is 416 g/mol. The minimum atomic E-state index is -0.428. The van der Waals surface area contributed by atoms with Crippen LogP contribution in [0.1, 0.15) is 28.7 Å². The number of aryl methyl sites for hydroxylation is 2. The van der Waals surface area contributed by atoms with Crippen LogP contribution in [0.4, 0.5) is 0 Å². The van der Waals surface area contributed by atoms with Gasteiger partial charge in [-0.15, -0.1) is 0 Å². The fourth-order valence-electron chi connectivity index (χ4n) is 3.92. The quantitative estimate of drug-likeness (QED) is 0.317. The number of benzene rings is 3. The topological polar surface area (TPSA) is 65.7 Å². The van der Waals surface area contributed by atoms with E-state index in [0.29, 0.717) is 23.5 Å². The first kappa shape index (κ1) is 20.7. The molecule has 0 bridgehead atoms. The predicted octanol–water partition coefficient (Wildman–Crippen LogP) is 5.25. The molecule has 3 aromatic carbocycles. The summed E-state index contributed by atoms with van der Waals surface area (Å²) in [5.41, 5.74) is 3.27. The van der Waals surface area contributed by atoms with Crippen LogP contribution in [0, 0.1) is 13.8 Å². The van der Waals surface area contributed by atoms with Crippen LogP contribution in [0.25, 0.3) is 21.7 Å². The van der Waals surface area contributed by atoms with Crippen LogP contribution in [0.15, 0.2) is 63.8 Å². The van der Waals surface area contributed by atoms with Crippen molar-refractivity contribution < 1.29 is 18.7 Å². The van der Waals surface area contributed by atoms with E-state index >= 15 is 0 Å². The van der Waals surface area contributed by atoms with Crippen LogP contribution in [0.3, 0.4) is 0 Å². The van der Waals surface area contributed by atoms with Crippen LogP contribution in [0.5, 0.6) is 5.75 Å². The molecule has 1 aromatic heterocycles. The van der Waals surface area contributed by atoms with Crippen molar-refractivity contribution in [2.75, 3.05) is 7.11 Å². The maximum absolute atomic E-state index is 12.6. The first-order valence-corrected chi connectivity index (χ1v) is 10.2. The Balaban J connectivity index is 1.65. The van der Waals surface area contributed by atoms with Crippen LogP contribution < -0.4 is 10.4 Å². The molecule has 0 amide bonds. The smallest absolute Gasteiger partial charge is 0.339 e. The minimum absolute atomic E-state index is 0.138. The summed E-state index contributed by atoms with van der Waals surface area (Å²) in [5, 5.41) is 3.16. The molecule has 4 aromatic rings. The number of carbonyl (C=O) groups excluding carboxylic acids is 1. The number of esters is 1. The summed E-state index contributed by atoms with van der Waals surface area (Å²) in [6, 6.07) is 18.2. The zero-order chi connectivity index (χ0) is 22.0. The van der Waals surface area contributed by atoms with E-state index in [0.717, 1.165) is 27.5 Å². The third-order valence-electron chi connectivity index (χ3n) is 5.72. The summed E-state index contributed by atoms with van der Waals surface area (Å²) >= 11 is 0. The lowest BCUT2D eigenvalue weighted by Gasteiger charge is -2.14. The summed E-state index contributed by atoms with van der Waals surface area (Å²) < 4.78 is 16.4. The molecule has 0 unspecified atom stereocenters. The summed E-state index contributed by atoms with van der Waals surface area (Å²) in [5.74, 6) is 0.317. The third kappa shape index (κ3) is 4.04. The molecule has 0 aliphatic rings. The van der Waals surface area contributed by atoms with Gasteiger partial charge in [-0.2, -0.15) is 0 Å². The van der Waals surface area contributed by atoms with Gasteiger partial charge in [-0.25, -0.2) is 4.79 Å². The number of hydrogen-bond donors (Lipinski definition) is 0. The van der Waals surface area contributed by atoms with Gasteiger partial charge in [0.2, 0.25) is 0 Å². The van der Waals surface area contributed by atoms with Crippen molar-refractivity contribution in [1.29, 1.82) is 0 Å². The lowest BCUT2D eigenvalue weighted by Crippen LogP contribution is -2.13. The van der Waals surface area contributed by atoms with Crippen molar-refractivity contribution in [2.24, 2.45) is 0 Å². The molecule has 0 aliphatic carbocycles. The summed E-state index contributed by atoms with van der Waals surface area (Å²) in [7, 11) is 1.33. The average Bonchev–Trinajstić information content (AvgIpc) is 2.78. The second-order valence-corrected chi connectivity index (χ2v) is 7.56. The van der Waals surface area contributed by atoms with Gasteiger partial charge in [0.05, 0.1) is 7.11 Å². The highest BCUT2D eigenvalue weighted by atomic mass is 16.5. The van der Waals surface area contributed by atoms with E-state index in [-0.39, 0.29) is 18.8 Å². The zero-order valence-electron chi connectivity index (χ0n) is 17.9. The molecule has 0 radical (unpaired) electrons. The van der Waals surface area contributed by atoms with Crippen molar-refractivity contribution in [3.63, 3.8) is 0 Å². The van der Waals surface area contributed by atoms with Gasteiger partial charge in [-0.3, -0.25) is 4.79 Å². The fraction of sp³-hybridized carbons (Fsp3) is 0.231. The molecule has 0 saturated carbocycles. The molecule has 31 heavy (non-hydrogen) atoms. The zero-order valence-corrected chi connectivity index (χ0v) is 17.9. The van der Waals surface area contributed by atoms with Gasteiger partial charge in [-0.05, 0) is 54.3 Å². The molecule has 0 saturated heterocycles. The van der Waals surface area contributed by atoms with Gasteiger partial charge in [-0.1, -0.05) is 42.5 Å². The minimum Gasteiger partial charge on any atom is -0.488 e. The van der Waals surface area contributed by atoms with Crippen molar-refractivity contribution in [3.8, 4) is 5.75 Å². The maximum Gasteiger partial charge on any atom is 0.339 e. The van der Waals surface area contributed by atoms with Gasteiger partial charge in [0.15, 0.2) is 0 Å². The van der Waals surface area contributed by atoms with E-state index < -0.39 is 5.63 Å². The van der Waals surface area contributed by atoms with E-state index in [4.69, 9.17) is 9.15 Å². The van der Waals surface area contributed by atoms with E-state index in [2.05, 4.69) is 29.0 Å². The van der Waals surface area contributed by atoms with E-state index in [1.807, 2.05) is 44.2 Å². The van der Waals surface area contributed by atoms with Gasteiger partial charge in [0, 0.05) is 22.9 Å². The number of carbonyl (C=O) groups is 1. The van der Waals surface area contributed by atoms with Crippen LogP contribution in [-0.4, -0.2) is 13.1 Å². The van der Waals surface area contributed by atoms with E-state index in [9.17, 15) is 9.59 Å². The molecule has 0 aliphatic heterocycles. The van der Waals surface area contributed by atoms with E-state index in [1.54, 1.807) is 0 Å². The summed E-state index contributed by atoms with van der Waals surface area (Å²) in [4.78, 5) is 24.1. The van der Waals surface area contributed by atoms with Gasteiger partial charge < -0.3 is 13.9 Å². The highest BCUT2D eigenvalue weighted by Gasteiger charge is 2.16. The number of rotatable bonds is 6. The fourth-order valence-corrected chi connectivity index (χ4v) is 3.92. The molecule has 4 rings (SSSR count). The van der Waals surface area contributed by atoms with Gasteiger partial charge >= 0.3 is 11.6 Å². The average molecular weight is 416 g/mol. The highest BCUT2D eigenvalue weighted by molar-refractivity contribution is 5.86. The molecular weight excluding hydrogens is 392 g/mol. The summed E-state index contributed by atoms with van der Waals surface area (Å²) in [6.07, 6.45) is 0.425. The molecule has 5 nitrogen and oxygen atoms in total. The van der Waals surface area contributed by atoms with Crippen LogP contribution >= 0.6 is 0 Å². The van der Waals surface area contributed by atoms with Gasteiger partial charge in [0.1, 0.15) is 17.9 Å². The first-order valence-electron chi connectivity index (χ1n) is 10.2. The molecule has 0 fully saturated rings. The SMILES string of the molecule is COC(=O)CCc1c(C)c2ccc(OCc3cccc4ccccc34)c(C)c2oc1=O. The predicted molar refractivity (Wildman–Crippen MR) is 121 cm³/mol. The van der Waals surface area contributed by atoms with Crippen molar-refractivity contribution in [3.05, 3.63) is 87.3 Å². The molecule has 0 spiro atoms. The normalized spacial score (nSPS) is 11.1. The second kappa shape index (κ2) is 8.64. The van der Waals surface area contributed by atoms with E-state index in [1.165, 1.54) is 12.5 Å². The number of methoxy groups -OCH3 is 1. The lowest BCUT2D eigenvalue weighted by molar-refractivity contribution is -0.140. The Bertz CT molecular complexity index is 1330. The highest BCUT2D eigenvalue weighted by Crippen LogP contribution is 2.30. The standard InChI is InChI=1S/C26H24O5/c1-16-20-11-13-23(30-15-19-9-6-8-18-7-4-5-10-22(18)19)17(2)25(20)31-26(28)21(16)12-14-24(27)29-3/h4-11,13H,12,14-15H2,1-3H3. The Morgan fingerprint density at radius 3 is 2.52 bits per heavy atom. The molecule has 0 N–H and O–H groups in total. The van der Waals surface area contributed by atoms with Crippen molar-refractivity contribution in [2.45, 2.75) is 33.3 Å². The lowest BCUT2D eigenvalue weighted by atomic mass is 10.0. The molecule has 0 atom stereocenters. The maximum atomic E-state index is 12.6. The van der Waals surface area contributed by atoms with Crippen molar-refractivity contribution in [1.82, 2.24) is 0 Å². The molecule has 158 valence electrons. The van der Waals surface area contributed by atoms with Crippen LogP contribution in [-0.2, 0) is 22.6 Å². The third-order valence-corrected chi connectivity index (χ3v) is 5.72. The van der Waals surface area contributed by atoms with Crippen molar-refractivity contribution >= 4 is 27.7 Å². The second-order valence-electron chi connectivity index (χ2n) is 7.56. The number of hydrogen-bond acceptors (Lipinski definition) is 5. The van der Waals surface area contributed by atoms with Crippen LogP contribution in [0.2, 0.25) is 0 Å². The molecule has 5 heteroatoms. The Hall–Kier alpha value is -3.60. The molecular formula is C26H24O5. The summed E-state index contributed by atoms with van der Waals surface area (Å²) in [6.45, 7) is 4.17. The Morgan fingerprint density at radius 2 is 1.71 bits per heavy atom. The Kier molecular flexibility index (Phi) is 5.76. The molecule has 1 heterocycles. The Labute approximate surface area is 180 Å². The number of fused-ring (bicyclic) bond motifs is 2.